The molecule has 0 fully saturated rings. The van der Waals surface area contributed by atoms with E-state index in [0.29, 0.717) is 23.3 Å². The molecule has 0 amide bonds. The van der Waals surface area contributed by atoms with Gasteiger partial charge in [-0.25, -0.2) is 0 Å². The van der Waals surface area contributed by atoms with Gasteiger partial charge in [0.05, 0.1) is 0 Å². The number of halogens is 1. The molecule has 0 aliphatic heterocycles. The van der Waals surface area contributed by atoms with Crippen molar-refractivity contribution < 1.29 is 9.26 Å². The van der Waals surface area contributed by atoms with Crippen molar-refractivity contribution in [2.75, 3.05) is 0 Å². The van der Waals surface area contributed by atoms with Gasteiger partial charge in [0.1, 0.15) is 12.4 Å². The van der Waals surface area contributed by atoms with E-state index in [-0.39, 0.29) is 0 Å². The van der Waals surface area contributed by atoms with Gasteiger partial charge in [-0.2, -0.15) is 4.98 Å². The van der Waals surface area contributed by atoms with Crippen molar-refractivity contribution in [1.29, 1.82) is 0 Å². The van der Waals surface area contributed by atoms with Crippen molar-refractivity contribution in [2.45, 2.75) is 6.61 Å². The zero-order valence-corrected chi connectivity index (χ0v) is 14.4. The lowest BCUT2D eigenvalue weighted by Gasteiger charge is -2.07. The molecule has 0 aliphatic rings. The van der Waals surface area contributed by atoms with E-state index in [4.69, 9.17) is 20.9 Å². The van der Waals surface area contributed by atoms with Crippen LogP contribution in [0.5, 0.6) is 5.75 Å². The molecule has 0 atom stereocenters. The number of nitrogens with zero attached hydrogens (tertiary/aromatic N) is 3. The second kappa shape index (κ2) is 7.37. The fourth-order valence-electron chi connectivity index (χ4n) is 2.43. The Balaban J connectivity index is 1.46. The highest BCUT2D eigenvalue weighted by Gasteiger charge is 2.10. The molecule has 0 aliphatic carbocycles. The van der Waals surface area contributed by atoms with Crippen LogP contribution in [0.15, 0.2) is 77.6 Å². The Morgan fingerprint density at radius 3 is 2.42 bits per heavy atom. The number of pyridine rings is 1. The van der Waals surface area contributed by atoms with E-state index in [1.165, 1.54) is 0 Å². The Hall–Kier alpha value is -3.18. The molecular weight excluding hydrogens is 350 g/mol. The van der Waals surface area contributed by atoms with E-state index in [0.717, 1.165) is 22.4 Å². The number of rotatable bonds is 5. The van der Waals surface area contributed by atoms with Gasteiger partial charge < -0.3 is 9.26 Å². The van der Waals surface area contributed by atoms with Crippen LogP contribution in [-0.2, 0) is 6.61 Å². The summed E-state index contributed by atoms with van der Waals surface area (Å²) in [6.07, 6.45) is 3.38. The molecule has 2 aromatic heterocycles. The molecule has 2 heterocycles. The summed E-state index contributed by atoms with van der Waals surface area (Å²) < 4.78 is 11.1. The largest absolute Gasteiger partial charge is 0.489 e. The summed E-state index contributed by atoms with van der Waals surface area (Å²) in [6, 6.07) is 18.8. The van der Waals surface area contributed by atoms with E-state index in [1.807, 2.05) is 60.7 Å². The van der Waals surface area contributed by atoms with Gasteiger partial charge in [-0.05, 0) is 42.5 Å². The molecule has 0 N–H and O–H groups in total. The van der Waals surface area contributed by atoms with Gasteiger partial charge in [0.25, 0.3) is 5.89 Å². The smallest absolute Gasteiger partial charge is 0.258 e. The van der Waals surface area contributed by atoms with Gasteiger partial charge in [0.2, 0.25) is 5.82 Å². The fraction of sp³-hybridized carbons (Fsp3) is 0.0500. The molecule has 4 aromatic rings. The molecule has 0 spiro atoms. The monoisotopic (exact) mass is 363 g/mol. The van der Waals surface area contributed by atoms with Crippen molar-refractivity contribution in [3.63, 3.8) is 0 Å². The molecule has 0 unspecified atom stereocenters. The standard InChI is InChI=1S/C20H14ClN3O2/c21-18-4-2-1-3-16(18)13-25-17-7-5-15(6-8-17)20-23-19(24-26-20)14-9-11-22-12-10-14/h1-12H,13H2. The maximum absolute atomic E-state index is 6.14. The van der Waals surface area contributed by atoms with Gasteiger partial charge in [-0.1, -0.05) is 35.0 Å². The average molecular weight is 364 g/mol. The molecule has 2 aromatic carbocycles. The summed E-state index contributed by atoms with van der Waals surface area (Å²) in [6.45, 7) is 0.409. The van der Waals surface area contributed by atoms with Crippen LogP contribution in [-0.4, -0.2) is 15.1 Å². The van der Waals surface area contributed by atoms with Crippen LogP contribution in [0.2, 0.25) is 5.02 Å². The van der Waals surface area contributed by atoms with Crippen LogP contribution >= 0.6 is 11.6 Å². The molecule has 0 radical (unpaired) electrons. The molecule has 128 valence electrons. The summed E-state index contributed by atoms with van der Waals surface area (Å²) >= 11 is 6.14. The number of hydrogen-bond donors (Lipinski definition) is 0. The summed E-state index contributed by atoms with van der Waals surface area (Å²) in [4.78, 5) is 8.40. The van der Waals surface area contributed by atoms with E-state index >= 15 is 0 Å². The molecule has 0 saturated carbocycles. The highest BCUT2D eigenvalue weighted by Crippen LogP contribution is 2.25. The van der Waals surface area contributed by atoms with Crippen molar-refractivity contribution in [3.05, 3.63) is 83.6 Å². The van der Waals surface area contributed by atoms with Gasteiger partial charge in [-0.3, -0.25) is 4.98 Å². The van der Waals surface area contributed by atoms with Crippen molar-refractivity contribution in [1.82, 2.24) is 15.1 Å². The first kappa shape index (κ1) is 16.3. The zero-order valence-electron chi connectivity index (χ0n) is 13.7. The van der Waals surface area contributed by atoms with E-state index < -0.39 is 0 Å². The van der Waals surface area contributed by atoms with E-state index in [9.17, 15) is 0 Å². The summed E-state index contributed by atoms with van der Waals surface area (Å²) in [5.74, 6) is 1.72. The van der Waals surface area contributed by atoms with Crippen molar-refractivity contribution in [3.8, 4) is 28.6 Å². The predicted molar refractivity (Wildman–Crippen MR) is 98.7 cm³/mol. The number of benzene rings is 2. The second-order valence-electron chi connectivity index (χ2n) is 5.56. The predicted octanol–water partition coefficient (Wildman–Crippen LogP) is 5.03. The van der Waals surface area contributed by atoms with E-state index in [2.05, 4.69) is 15.1 Å². The first-order chi connectivity index (χ1) is 12.8. The Kier molecular flexibility index (Phi) is 4.62. The lowest BCUT2D eigenvalue weighted by atomic mass is 10.2. The highest BCUT2D eigenvalue weighted by atomic mass is 35.5. The lowest BCUT2D eigenvalue weighted by molar-refractivity contribution is 0.306. The lowest BCUT2D eigenvalue weighted by Crippen LogP contribution is -1.95. The van der Waals surface area contributed by atoms with Crippen LogP contribution in [0.25, 0.3) is 22.8 Å². The summed E-state index contributed by atoms with van der Waals surface area (Å²) in [5, 5.41) is 4.70. The molecule has 26 heavy (non-hydrogen) atoms. The molecule has 6 heteroatoms. The van der Waals surface area contributed by atoms with Crippen molar-refractivity contribution >= 4 is 11.6 Å². The minimum atomic E-state index is 0.409. The molecule has 0 bridgehead atoms. The summed E-state index contributed by atoms with van der Waals surface area (Å²) in [7, 11) is 0. The third kappa shape index (κ3) is 3.58. The maximum atomic E-state index is 6.14. The van der Waals surface area contributed by atoms with Crippen LogP contribution < -0.4 is 4.74 Å². The Morgan fingerprint density at radius 1 is 0.885 bits per heavy atom. The van der Waals surface area contributed by atoms with Gasteiger partial charge in [0, 0.05) is 34.1 Å². The summed E-state index contributed by atoms with van der Waals surface area (Å²) in [5.41, 5.74) is 2.62. The first-order valence-corrected chi connectivity index (χ1v) is 8.38. The topological polar surface area (TPSA) is 61.0 Å². The first-order valence-electron chi connectivity index (χ1n) is 8.00. The minimum absolute atomic E-state index is 0.409. The minimum Gasteiger partial charge on any atom is -0.489 e. The number of ether oxygens (including phenoxy) is 1. The van der Waals surface area contributed by atoms with E-state index in [1.54, 1.807) is 12.4 Å². The Labute approximate surface area is 155 Å². The number of aromatic nitrogens is 3. The van der Waals surface area contributed by atoms with Crippen LogP contribution in [0.3, 0.4) is 0 Å². The number of hydrogen-bond acceptors (Lipinski definition) is 5. The van der Waals surface area contributed by atoms with Gasteiger partial charge >= 0.3 is 0 Å². The SMILES string of the molecule is Clc1ccccc1COc1ccc(-c2nc(-c3ccncc3)no2)cc1. The fourth-order valence-corrected chi connectivity index (χ4v) is 2.62. The third-order valence-corrected chi connectivity index (χ3v) is 4.19. The second-order valence-corrected chi connectivity index (χ2v) is 5.97. The normalized spacial score (nSPS) is 10.7. The molecule has 0 saturated heterocycles. The molecule has 4 rings (SSSR count). The Morgan fingerprint density at radius 2 is 1.65 bits per heavy atom. The Bertz CT molecular complexity index is 1000. The van der Waals surface area contributed by atoms with Crippen molar-refractivity contribution in [2.24, 2.45) is 0 Å². The average Bonchev–Trinajstić information content (AvgIpc) is 3.19. The van der Waals surface area contributed by atoms with Gasteiger partial charge in [0.15, 0.2) is 0 Å². The maximum Gasteiger partial charge on any atom is 0.258 e. The highest BCUT2D eigenvalue weighted by molar-refractivity contribution is 6.31. The van der Waals surface area contributed by atoms with Crippen LogP contribution in [0.4, 0.5) is 0 Å². The molecular formula is C20H14ClN3O2. The van der Waals surface area contributed by atoms with Crippen LogP contribution in [0, 0.1) is 0 Å². The molecule has 5 nitrogen and oxygen atoms in total. The van der Waals surface area contributed by atoms with Gasteiger partial charge in [-0.15, -0.1) is 0 Å². The zero-order chi connectivity index (χ0) is 17.8. The third-order valence-electron chi connectivity index (χ3n) is 3.82. The quantitative estimate of drug-likeness (QED) is 0.497. The van der Waals surface area contributed by atoms with Crippen LogP contribution in [0.1, 0.15) is 5.56 Å².